The Labute approximate surface area is 123 Å². The van der Waals surface area contributed by atoms with Crippen LogP contribution in [0.15, 0.2) is 35.2 Å². The molecule has 1 aliphatic rings. The number of hydrogen-bond donors (Lipinski definition) is 1. The van der Waals surface area contributed by atoms with Gasteiger partial charge in [0, 0.05) is 11.1 Å². The van der Waals surface area contributed by atoms with Crippen molar-refractivity contribution < 1.29 is 4.52 Å². The maximum atomic E-state index is 5.96. The van der Waals surface area contributed by atoms with Gasteiger partial charge in [-0.25, -0.2) is 0 Å². The van der Waals surface area contributed by atoms with E-state index in [-0.39, 0.29) is 6.04 Å². The number of benzene rings is 1. The molecule has 0 radical (unpaired) electrons. The Hall–Kier alpha value is -1.39. The molecular weight excluding hydrogens is 274 g/mol. The minimum Gasteiger partial charge on any atom is -0.343 e. The van der Waals surface area contributed by atoms with Crippen LogP contribution < -0.4 is 5.32 Å². The quantitative estimate of drug-likeness (QED) is 0.932. The van der Waals surface area contributed by atoms with Crippen molar-refractivity contribution in [3.05, 3.63) is 47.1 Å². The largest absolute Gasteiger partial charge is 0.343 e. The van der Waals surface area contributed by atoms with Gasteiger partial charge in [-0.2, -0.15) is 4.98 Å². The number of rotatable bonds is 4. The highest BCUT2D eigenvalue weighted by Crippen LogP contribution is 2.25. The lowest BCUT2D eigenvalue weighted by atomic mass is 9.94. The van der Waals surface area contributed by atoms with E-state index in [4.69, 9.17) is 16.1 Å². The second-order valence-electron chi connectivity index (χ2n) is 5.28. The lowest BCUT2D eigenvalue weighted by Gasteiger charge is -2.27. The van der Waals surface area contributed by atoms with Gasteiger partial charge in [0.25, 0.3) is 0 Å². The number of hydrogen-bond acceptors (Lipinski definition) is 4. The number of halogens is 1. The first-order valence-electron chi connectivity index (χ1n) is 7.11. The van der Waals surface area contributed by atoms with Crippen LogP contribution in [0.2, 0.25) is 5.02 Å². The maximum absolute atomic E-state index is 5.96. The fraction of sp³-hybridized carbons (Fsp3) is 0.467. The molecule has 1 saturated carbocycles. The molecule has 0 amide bonds. The fourth-order valence-corrected chi connectivity index (χ4v) is 2.91. The Morgan fingerprint density at radius 3 is 2.55 bits per heavy atom. The van der Waals surface area contributed by atoms with E-state index in [1.165, 1.54) is 38.5 Å². The second kappa shape index (κ2) is 6.37. The van der Waals surface area contributed by atoms with Crippen LogP contribution in [0.4, 0.5) is 0 Å². The Kier molecular flexibility index (Phi) is 4.33. The van der Waals surface area contributed by atoms with Crippen LogP contribution in [0.25, 0.3) is 0 Å². The molecule has 1 N–H and O–H groups in total. The monoisotopic (exact) mass is 291 g/mol. The first-order chi connectivity index (χ1) is 9.83. The van der Waals surface area contributed by atoms with Crippen LogP contribution in [0, 0.1) is 0 Å². The third-order valence-electron chi connectivity index (χ3n) is 3.85. The van der Waals surface area contributed by atoms with Crippen molar-refractivity contribution in [3.63, 3.8) is 0 Å². The predicted molar refractivity (Wildman–Crippen MR) is 77.6 cm³/mol. The zero-order valence-electron chi connectivity index (χ0n) is 11.3. The third-order valence-corrected chi connectivity index (χ3v) is 4.10. The molecule has 1 aliphatic carbocycles. The topological polar surface area (TPSA) is 51.0 Å². The average Bonchev–Trinajstić information content (AvgIpc) is 3.01. The summed E-state index contributed by atoms with van der Waals surface area (Å²) in [6.07, 6.45) is 7.71. The summed E-state index contributed by atoms with van der Waals surface area (Å²) < 4.78 is 4.90. The number of nitrogens with one attached hydrogen (secondary N) is 1. The van der Waals surface area contributed by atoms with E-state index in [0.717, 1.165) is 10.6 Å². The molecule has 0 unspecified atom stereocenters. The van der Waals surface area contributed by atoms with Crippen molar-refractivity contribution in [1.29, 1.82) is 0 Å². The van der Waals surface area contributed by atoms with Gasteiger partial charge in [0.2, 0.25) is 6.39 Å². The van der Waals surface area contributed by atoms with E-state index >= 15 is 0 Å². The van der Waals surface area contributed by atoms with Gasteiger partial charge in [0.1, 0.15) is 0 Å². The average molecular weight is 292 g/mol. The predicted octanol–water partition coefficient (Wildman–Crippen LogP) is 3.73. The molecule has 1 aromatic heterocycles. The molecule has 1 fully saturated rings. The number of aromatic nitrogens is 2. The Balaban J connectivity index is 1.82. The molecule has 20 heavy (non-hydrogen) atoms. The molecule has 0 saturated heterocycles. The van der Waals surface area contributed by atoms with Crippen molar-refractivity contribution in [2.75, 3.05) is 0 Å². The molecule has 0 aliphatic heterocycles. The van der Waals surface area contributed by atoms with Crippen molar-refractivity contribution in [2.45, 2.75) is 44.2 Å². The second-order valence-corrected chi connectivity index (χ2v) is 5.71. The number of nitrogens with zero attached hydrogens (tertiary/aromatic N) is 2. The smallest absolute Gasteiger partial charge is 0.213 e. The molecule has 1 heterocycles. The van der Waals surface area contributed by atoms with Gasteiger partial charge < -0.3 is 9.84 Å². The molecule has 1 aromatic carbocycles. The fourth-order valence-electron chi connectivity index (χ4n) is 2.79. The van der Waals surface area contributed by atoms with E-state index in [1.807, 2.05) is 24.3 Å². The summed E-state index contributed by atoms with van der Waals surface area (Å²) in [6.45, 7) is 0. The van der Waals surface area contributed by atoms with Crippen LogP contribution in [0.5, 0.6) is 0 Å². The minimum absolute atomic E-state index is 0.0332. The molecule has 3 rings (SSSR count). The van der Waals surface area contributed by atoms with E-state index in [0.29, 0.717) is 11.9 Å². The van der Waals surface area contributed by atoms with Crippen molar-refractivity contribution in [2.24, 2.45) is 0 Å². The van der Waals surface area contributed by atoms with Gasteiger partial charge in [-0.15, -0.1) is 0 Å². The lowest BCUT2D eigenvalue weighted by Crippen LogP contribution is -2.35. The van der Waals surface area contributed by atoms with Gasteiger partial charge in [-0.3, -0.25) is 0 Å². The molecular formula is C15H18ClN3O. The van der Waals surface area contributed by atoms with Crippen LogP contribution in [-0.4, -0.2) is 16.2 Å². The van der Waals surface area contributed by atoms with Crippen molar-refractivity contribution in [1.82, 2.24) is 15.5 Å². The summed E-state index contributed by atoms with van der Waals surface area (Å²) in [5.74, 6) is 0.679. The van der Waals surface area contributed by atoms with Gasteiger partial charge >= 0.3 is 0 Å². The van der Waals surface area contributed by atoms with Gasteiger partial charge in [-0.1, -0.05) is 48.2 Å². The van der Waals surface area contributed by atoms with E-state index in [9.17, 15) is 0 Å². The van der Waals surface area contributed by atoms with Gasteiger partial charge in [0.05, 0.1) is 6.04 Å². The van der Waals surface area contributed by atoms with Crippen LogP contribution in [0.1, 0.15) is 49.5 Å². The zero-order chi connectivity index (χ0) is 13.8. The van der Waals surface area contributed by atoms with Crippen LogP contribution in [-0.2, 0) is 0 Å². The summed E-state index contributed by atoms with van der Waals surface area (Å²) in [7, 11) is 0. The molecule has 0 bridgehead atoms. The standard InChI is InChI=1S/C15H18ClN3O/c16-12-8-6-11(7-9-12)14(15-17-10-20-19-15)18-13-4-2-1-3-5-13/h6-10,13-14,18H,1-5H2/t14-/m0/s1. The molecule has 106 valence electrons. The highest BCUT2D eigenvalue weighted by molar-refractivity contribution is 6.30. The van der Waals surface area contributed by atoms with E-state index in [2.05, 4.69) is 15.5 Å². The highest BCUT2D eigenvalue weighted by Gasteiger charge is 2.23. The SMILES string of the molecule is Clc1ccc([C@H](NC2CCCCC2)c2ncon2)cc1. The molecule has 0 spiro atoms. The summed E-state index contributed by atoms with van der Waals surface area (Å²) >= 11 is 5.96. The summed E-state index contributed by atoms with van der Waals surface area (Å²) in [5.41, 5.74) is 1.11. The highest BCUT2D eigenvalue weighted by atomic mass is 35.5. The van der Waals surface area contributed by atoms with E-state index in [1.54, 1.807) is 0 Å². The summed E-state index contributed by atoms with van der Waals surface area (Å²) in [6, 6.07) is 8.30. The molecule has 2 aromatic rings. The lowest BCUT2D eigenvalue weighted by molar-refractivity contribution is 0.341. The third kappa shape index (κ3) is 3.19. The maximum Gasteiger partial charge on any atom is 0.213 e. The normalized spacial score (nSPS) is 18.1. The van der Waals surface area contributed by atoms with Gasteiger partial charge in [-0.05, 0) is 30.5 Å². The van der Waals surface area contributed by atoms with Crippen molar-refractivity contribution in [3.8, 4) is 0 Å². The van der Waals surface area contributed by atoms with Gasteiger partial charge in [0.15, 0.2) is 5.82 Å². The molecule has 5 heteroatoms. The van der Waals surface area contributed by atoms with Crippen molar-refractivity contribution >= 4 is 11.6 Å². The van der Waals surface area contributed by atoms with Crippen LogP contribution >= 0.6 is 11.6 Å². The first-order valence-corrected chi connectivity index (χ1v) is 7.48. The summed E-state index contributed by atoms with van der Waals surface area (Å²) in [4.78, 5) is 4.21. The van der Waals surface area contributed by atoms with E-state index < -0.39 is 0 Å². The Bertz CT molecular complexity index is 521. The minimum atomic E-state index is -0.0332. The Morgan fingerprint density at radius 2 is 1.90 bits per heavy atom. The first kappa shape index (κ1) is 13.6. The van der Waals surface area contributed by atoms with Crippen LogP contribution in [0.3, 0.4) is 0 Å². The Morgan fingerprint density at radius 1 is 1.15 bits per heavy atom. The molecule has 4 nitrogen and oxygen atoms in total. The summed E-state index contributed by atoms with van der Waals surface area (Å²) in [5, 5.41) is 8.40. The molecule has 1 atom stereocenters. The zero-order valence-corrected chi connectivity index (χ0v) is 12.0.